The molecular weight excluding hydrogens is 272 g/mol. The molecule has 0 spiro atoms. The molecule has 0 saturated carbocycles. The molecule has 1 atom stereocenters. The third-order valence-electron chi connectivity index (χ3n) is 3.40. The summed E-state index contributed by atoms with van der Waals surface area (Å²) >= 11 is 0. The highest BCUT2D eigenvalue weighted by molar-refractivity contribution is 5.64. The molecule has 0 aliphatic rings. The van der Waals surface area contributed by atoms with Gasteiger partial charge in [-0.05, 0) is 23.3 Å². The first-order valence-electron chi connectivity index (χ1n) is 7.18. The Balaban J connectivity index is 1.83. The van der Waals surface area contributed by atoms with Crippen LogP contribution in [0.4, 0.5) is 0 Å². The molecule has 0 N–H and O–H groups in total. The number of benzene rings is 3. The summed E-state index contributed by atoms with van der Waals surface area (Å²) in [7, 11) is 1.64. The molecule has 0 saturated heterocycles. The Bertz CT molecular complexity index is 708. The molecule has 22 heavy (non-hydrogen) atoms. The van der Waals surface area contributed by atoms with Gasteiger partial charge in [-0.3, -0.25) is 0 Å². The van der Waals surface area contributed by atoms with Gasteiger partial charge in [0.15, 0.2) is 0 Å². The number of hydrogen-bond acceptors (Lipinski definition) is 2. The lowest BCUT2D eigenvalue weighted by molar-refractivity contribution is -0.0563. The first-order chi connectivity index (χ1) is 10.9. The summed E-state index contributed by atoms with van der Waals surface area (Å²) in [5.74, 6) is 0.664. The SMILES string of the molecule is COC(Oc1[c]ccc(-c2ccccc2)c1)c1ccccc1. The van der Waals surface area contributed by atoms with Gasteiger partial charge in [0.1, 0.15) is 5.75 Å². The normalized spacial score (nSPS) is 11.9. The molecule has 0 bridgehead atoms. The molecule has 2 nitrogen and oxygen atoms in total. The van der Waals surface area contributed by atoms with Crippen molar-refractivity contribution in [3.8, 4) is 16.9 Å². The average Bonchev–Trinajstić information content (AvgIpc) is 2.61. The molecule has 2 heteroatoms. The van der Waals surface area contributed by atoms with Crippen LogP contribution in [0, 0.1) is 6.07 Å². The highest BCUT2D eigenvalue weighted by atomic mass is 16.7. The van der Waals surface area contributed by atoms with Crippen LogP contribution in [-0.2, 0) is 4.74 Å². The summed E-state index contributed by atoms with van der Waals surface area (Å²) in [6.07, 6.45) is -0.441. The third kappa shape index (κ3) is 3.35. The van der Waals surface area contributed by atoms with Gasteiger partial charge in [-0.15, -0.1) is 0 Å². The Morgan fingerprint density at radius 2 is 1.50 bits per heavy atom. The largest absolute Gasteiger partial charge is 0.460 e. The van der Waals surface area contributed by atoms with E-state index in [1.807, 2.05) is 66.7 Å². The van der Waals surface area contributed by atoms with E-state index < -0.39 is 6.29 Å². The lowest BCUT2D eigenvalue weighted by Crippen LogP contribution is -2.09. The molecule has 0 aromatic heterocycles. The molecule has 0 fully saturated rings. The molecule has 0 heterocycles. The van der Waals surface area contributed by atoms with Gasteiger partial charge < -0.3 is 9.47 Å². The summed E-state index contributed by atoms with van der Waals surface area (Å²) < 4.78 is 11.4. The van der Waals surface area contributed by atoms with Crippen LogP contribution in [0.1, 0.15) is 11.9 Å². The predicted molar refractivity (Wildman–Crippen MR) is 87.5 cm³/mol. The van der Waals surface area contributed by atoms with Crippen molar-refractivity contribution in [1.29, 1.82) is 0 Å². The van der Waals surface area contributed by atoms with Gasteiger partial charge in [0.2, 0.25) is 6.29 Å². The van der Waals surface area contributed by atoms with Crippen molar-refractivity contribution in [2.24, 2.45) is 0 Å². The van der Waals surface area contributed by atoms with Crippen molar-refractivity contribution < 1.29 is 9.47 Å². The third-order valence-corrected chi connectivity index (χ3v) is 3.40. The van der Waals surface area contributed by atoms with Gasteiger partial charge in [-0.25, -0.2) is 0 Å². The van der Waals surface area contributed by atoms with E-state index in [1.54, 1.807) is 7.11 Å². The molecule has 1 radical (unpaired) electrons. The minimum absolute atomic E-state index is 0.441. The van der Waals surface area contributed by atoms with Crippen molar-refractivity contribution in [2.45, 2.75) is 6.29 Å². The Morgan fingerprint density at radius 1 is 0.818 bits per heavy atom. The van der Waals surface area contributed by atoms with Crippen LogP contribution in [0.3, 0.4) is 0 Å². The molecular formula is C20H17O2. The van der Waals surface area contributed by atoms with Crippen molar-refractivity contribution in [2.75, 3.05) is 7.11 Å². The maximum Gasteiger partial charge on any atom is 0.226 e. The highest BCUT2D eigenvalue weighted by Gasteiger charge is 2.12. The van der Waals surface area contributed by atoms with Gasteiger partial charge in [0.25, 0.3) is 0 Å². The minimum atomic E-state index is -0.441. The van der Waals surface area contributed by atoms with Crippen LogP contribution in [-0.4, -0.2) is 7.11 Å². The van der Waals surface area contributed by atoms with E-state index in [4.69, 9.17) is 9.47 Å². The van der Waals surface area contributed by atoms with Gasteiger partial charge >= 0.3 is 0 Å². The second-order valence-electron chi connectivity index (χ2n) is 4.90. The second kappa shape index (κ2) is 6.92. The van der Waals surface area contributed by atoms with Crippen LogP contribution in [0.25, 0.3) is 11.1 Å². The molecule has 3 aromatic rings. The fourth-order valence-electron chi connectivity index (χ4n) is 2.30. The maximum absolute atomic E-state index is 5.93. The van der Waals surface area contributed by atoms with Gasteiger partial charge in [-0.2, -0.15) is 0 Å². The minimum Gasteiger partial charge on any atom is -0.460 e. The fraction of sp³-hybridized carbons (Fsp3) is 0.100. The standard InChI is InChI=1S/C20H17O2/c1-21-20(17-11-6-3-7-12-17)22-19-14-8-13-18(15-19)16-9-4-2-5-10-16/h2-13,15,20H,1H3. The Hall–Kier alpha value is -2.58. The number of methoxy groups -OCH3 is 1. The van der Waals surface area contributed by atoms with E-state index in [-0.39, 0.29) is 0 Å². The zero-order valence-corrected chi connectivity index (χ0v) is 12.4. The number of rotatable bonds is 5. The molecule has 3 rings (SSSR count). The maximum atomic E-state index is 5.93. The van der Waals surface area contributed by atoms with Crippen LogP contribution < -0.4 is 4.74 Å². The fourth-order valence-corrected chi connectivity index (χ4v) is 2.30. The van der Waals surface area contributed by atoms with Crippen LogP contribution >= 0.6 is 0 Å². The molecule has 1 unspecified atom stereocenters. The predicted octanol–water partition coefficient (Wildman–Crippen LogP) is 4.88. The van der Waals surface area contributed by atoms with E-state index in [0.717, 1.165) is 16.7 Å². The lowest BCUT2D eigenvalue weighted by Gasteiger charge is -2.18. The van der Waals surface area contributed by atoms with Crippen molar-refractivity contribution >= 4 is 0 Å². The van der Waals surface area contributed by atoms with Crippen molar-refractivity contribution in [3.05, 3.63) is 90.5 Å². The Kier molecular flexibility index (Phi) is 4.52. The molecule has 109 valence electrons. The van der Waals surface area contributed by atoms with Gasteiger partial charge in [0.05, 0.1) is 0 Å². The average molecular weight is 289 g/mol. The molecule has 3 aromatic carbocycles. The van der Waals surface area contributed by atoms with E-state index >= 15 is 0 Å². The quantitative estimate of drug-likeness (QED) is 0.623. The topological polar surface area (TPSA) is 18.5 Å². The zero-order chi connectivity index (χ0) is 15.2. The van der Waals surface area contributed by atoms with Crippen LogP contribution in [0.2, 0.25) is 0 Å². The van der Waals surface area contributed by atoms with Crippen molar-refractivity contribution in [3.63, 3.8) is 0 Å². The van der Waals surface area contributed by atoms with E-state index in [9.17, 15) is 0 Å². The van der Waals surface area contributed by atoms with Gasteiger partial charge in [-0.1, -0.05) is 66.7 Å². The summed E-state index contributed by atoms with van der Waals surface area (Å²) in [5, 5.41) is 0. The zero-order valence-electron chi connectivity index (χ0n) is 12.4. The summed E-state index contributed by atoms with van der Waals surface area (Å²) in [4.78, 5) is 0. The first-order valence-corrected chi connectivity index (χ1v) is 7.18. The molecule has 0 aliphatic heterocycles. The summed E-state index contributed by atoms with van der Waals surface area (Å²) in [5.41, 5.74) is 3.22. The Morgan fingerprint density at radius 3 is 2.18 bits per heavy atom. The summed E-state index contributed by atoms with van der Waals surface area (Å²) in [6.45, 7) is 0. The molecule has 0 amide bonds. The summed E-state index contributed by atoms with van der Waals surface area (Å²) in [6, 6.07) is 29.0. The van der Waals surface area contributed by atoms with E-state index in [0.29, 0.717) is 5.75 Å². The monoisotopic (exact) mass is 289 g/mol. The number of hydrogen-bond donors (Lipinski definition) is 0. The first kappa shape index (κ1) is 14.4. The smallest absolute Gasteiger partial charge is 0.226 e. The van der Waals surface area contributed by atoms with E-state index in [2.05, 4.69) is 18.2 Å². The lowest BCUT2D eigenvalue weighted by atomic mass is 10.1. The Labute approximate surface area is 131 Å². The second-order valence-corrected chi connectivity index (χ2v) is 4.90. The van der Waals surface area contributed by atoms with Crippen LogP contribution in [0.15, 0.2) is 78.9 Å². The van der Waals surface area contributed by atoms with Crippen molar-refractivity contribution in [1.82, 2.24) is 0 Å². The molecule has 0 aliphatic carbocycles. The highest BCUT2D eigenvalue weighted by Crippen LogP contribution is 2.27. The van der Waals surface area contributed by atoms with Gasteiger partial charge in [0, 0.05) is 18.7 Å². The van der Waals surface area contributed by atoms with E-state index in [1.165, 1.54) is 0 Å². The van der Waals surface area contributed by atoms with Crippen LogP contribution in [0.5, 0.6) is 5.75 Å². The number of ether oxygens (including phenoxy) is 2.